The first-order valence-corrected chi connectivity index (χ1v) is 13.5. The first-order chi connectivity index (χ1) is 18.1. The van der Waals surface area contributed by atoms with Crippen LogP contribution in [0, 0.1) is 6.92 Å². The van der Waals surface area contributed by atoms with E-state index in [4.69, 9.17) is 9.57 Å². The summed E-state index contributed by atoms with van der Waals surface area (Å²) in [6, 6.07) is 11.1. The van der Waals surface area contributed by atoms with Crippen LogP contribution in [0.4, 0.5) is 13.2 Å². The maximum atomic E-state index is 12.8. The lowest BCUT2D eigenvalue weighted by molar-refractivity contribution is -0.137. The van der Waals surface area contributed by atoms with Crippen LogP contribution in [-0.2, 0) is 11.0 Å². The average Bonchev–Trinajstić information content (AvgIpc) is 3.49. The molecule has 2 aliphatic heterocycles. The van der Waals surface area contributed by atoms with Crippen molar-refractivity contribution in [2.24, 2.45) is 5.16 Å². The fraction of sp³-hybridized carbons (Fsp3) is 0.481. The second-order valence-corrected chi connectivity index (χ2v) is 11.2. The van der Waals surface area contributed by atoms with Gasteiger partial charge in [0.05, 0.1) is 26.5 Å². The van der Waals surface area contributed by atoms with E-state index in [-0.39, 0.29) is 18.8 Å². The molecule has 1 N–H and O–H groups in total. The molecular formula is C27H31F3N4O3S. The van der Waals surface area contributed by atoms with Crippen LogP contribution in [0.5, 0.6) is 5.75 Å². The Labute approximate surface area is 223 Å². The lowest BCUT2D eigenvalue weighted by atomic mass is 10.0. The molecule has 3 aromatic rings. The second-order valence-electron chi connectivity index (χ2n) is 9.98. The van der Waals surface area contributed by atoms with Crippen molar-refractivity contribution in [3.05, 3.63) is 58.6 Å². The van der Waals surface area contributed by atoms with Crippen LogP contribution in [-0.4, -0.2) is 77.1 Å². The number of alkyl halides is 3. The van der Waals surface area contributed by atoms with Crippen LogP contribution in [0.15, 0.2) is 47.6 Å². The molecule has 0 spiro atoms. The number of aliphatic hydroxyl groups excluding tert-OH is 1. The number of β-amino-alcohol motifs (C(OH)–C–C–N with tert-alkyl or cyclic N) is 1. The van der Waals surface area contributed by atoms with E-state index in [0.717, 1.165) is 52.7 Å². The van der Waals surface area contributed by atoms with Crippen molar-refractivity contribution in [3.8, 4) is 5.75 Å². The van der Waals surface area contributed by atoms with Crippen molar-refractivity contribution in [3.63, 3.8) is 0 Å². The largest absolute Gasteiger partial charge is 0.491 e. The summed E-state index contributed by atoms with van der Waals surface area (Å²) in [5.74, 6) is 0.703. The quantitative estimate of drug-likeness (QED) is 0.433. The van der Waals surface area contributed by atoms with Gasteiger partial charge in [-0.2, -0.15) is 13.2 Å². The molecule has 204 valence electrons. The van der Waals surface area contributed by atoms with Crippen LogP contribution in [0.2, 0.25) is 0 Å². The minimum Gasteiger partial charge on any atom is -0.491 e. The number of rotatable bonds is 8. The molecule has 2 aliphatic rings. The molecule has 1 aromatic heterocycles. The highest BCUT2D eigenvalue weighted by Crippen LogP contribution is 2.33. The Kier molecular flexibility index (Phi) is 7.90. The number of nitrogens with zero attached hydrogens (tertiary/aromatic N) is 4. The molecule has 5 rings (SSSR count). The Balaban J connectivity index is 1.05. The molecule has 1 fully saturated rings. The fourth-order valence-corrected chi connectivity index (χ4v) is 5.75. The Bertz CT molecular complexity index is 1280. The fourth-order valence-electron chi connectivity index (χ4n) is 4.95. The molecule has 0 bridgehead atoms. The molecule has 11 heteroatoms. The summed E-state index contributed by atoms with van der Waals surface area (Å²) in [5, 5.41) is 15.8. The van der Waals surface area contributed by atoms with Crippen LogP contribution in [0.1, 0.15) is 35.6 Å². The molecule has 0 radical (unpaired) electrons. The highest BCUT2D eigenvalue weighted by molar-refractivity contribution is 7.18. The Morgan fingerprint density at radius 3 is 2.71 bits per heavy atom. The molecule has 0 saturated carbocycles. The van der Waals surface area contributed by atoms with Gasteiger partial charge in [-0.15, -0.1) is 11.3 Å². The average molecular weight is 549 g/mol. The smallest absolute Gasteiger partial charge is 0.416 e. The van der Waals surface area contributed by atoms with Gasteiger partial charge in [0.15, 0.2) is 6.10 Å². The Morgan fingerprint density at radius 2 is 1.97 bits per heavy atom. The minimum absolute atomic E-state index is 0.211. The van der Waals surface area contributed by atoms with Crippen molar-refractivity contribution >= 4 is 27.3 Å². The topological polar surface area (TPSA) is 70.4 Å². The molecule has 1 unspecified atom stereocenters. The van der Waals surface area contributed by atoms with Crippen molar-refractivity contribution in [2.45, 2.75) is 44.7 Å². The maximum absolute atomic E-state index is 12.8. The van der Waals surface area contributed by atoms with Gasteiger partial charge in [-0.25, -0.2) is 4.98 Å². The van der Waals surface area contributed by atoms with Crippen molar-refractivity contribution in [2.75, 3.05) is 39.3 Å². The number of hydrogen-bond acceptors (Lipinski definition) is 8. The molecule has 0 amide bonds. The molecule has 3 atom stereocenters. The maximum Gasteiger partial charge on any atom is 0.416 e. The Hall–Kier alpha value is -2.73. The van der Waals surface area contributed by atoms with Gasteiger partial charge >= 0.3 is 6.18 Å². The number of fused-ring (bicyclic) bond motifs is 1. The third kappa shape index (κ3) is 6.45. The van der Waals surface area contributed by atoms with E-state index in [9.17, 15) is 18.3 Å². The van der Waals surface area contributed by atoms with Crippen LogP contribution < -0.4 is 4.74 Å². The van der Waals surface area contributed by atoms with Gasteiger partial charge in [0.25, 0.3) is 0 Å². The van der Waals surface area contributed by atoms with Gasteiger partial charge in [0, 0.05) is 51.3 Å². The third-order valence-electron chi connectivity index (χ3n) is 6.95. The highest BCUT2D eigenvalue weighted by atomic mass is 32.1. The molecule has 2 aromatic carbocycles. The monoisotopic (exact) mass is 548 g/mol. The third-order valence-corrected chi connectivity index (χ3v) is 7.90. The molecule has 0 aliphatic carbocycles. The van der Waals surface area contributed by atoms with Gasteiger partial charge in [0.2, 0.25) is 0 Å². The van der Waals surface area contributed by atoms with E-state index < -0.39 is 17.8 Å². The van der Waals surface area contributed by atoms with Crippen molar-refractivity contribution in [1.29, 1.82) is 0 Å². The van der Waals surface area contributed by atoms with Crippen LogP contribution in [0.3, 0.4) is 0 Å². The SMILES string of the molecule is Cc1nc2cc(OC[C@H](O)CN3CCN(CC4=NOC(c5ccc(C(F)(F)F)cc5)C4)[C@@H](C)C3)ccc2s1. The molecule has 3 heterocycles. The minimum atomic E-state index is -4.35. The standard InChI is InChI=1S/C27H31F3N4O3S/c1-17-13-33(15-22(35)16-36-23-7-8-26-24(12-23)31-18(2)38-26)9-10-34(17)14-21-11-25(37-32-21)19-3-5-20(6-4-19)27(28,29)30/h3-8,12,17,22,25,35H,9-11,13-16H2,1-2H3/t17-,22+,25?/m0/s1. The van der Waals surface area contributed by atoms with E-state index >= 15 is 0 Å². The Morgan fingerprint density at radius 1 is 1.18 bits per heavy atom. The van der Waals surface area contributed by atoms with Gasteiger partial charge in [-0.05, 0) is 43.7 Å². The van der Waals surface area contributed by atoms with Gasteiger partial charge < -0.3 is 14.7 Å². The zero-order chi connectivity index (χ0) is 26.9. The summed E-state index contributed by atoms with van der Waals surface area (Å²) in [6.45, 7) is 7.93. The number of ether oxygens (including phenoxy) is 1. The number of aromatic nitrogens is 1. The van der Waals surface area contributed by atoms with E-state index in [0.29, 0.717) is 30.8 Å². The highest BCUT2D eigenvalue weighted by Gasteiger charge is 2.32. The first kappa shape index (κ1) is 26.9. The van der Waals surface area contributed by atoms with Crippen molar-refractivity contribution < 1.29 is 27.9 Å². The van der Waals surface area contributed by atoms with Gasteiger partial charge in [0.1, 0.15) is 18.5 Å². The van der Waals surface area contributed by atoms with E-state index in [1.807, 2.05) is 25.1 Å². The summed E-state index contributed by atoms with van der Waals surface area (Å²) >= 11 is 1.64. The summed E-state index contributed by atoms with van der Waals surface area (Å²) in [6.07, 6.45) is -4.77. The predicted molar refractivity (Wildman–Crippen MR) is 141 cm³/mol. The number of aryl methyl sites for hydroxylation is 1. The lowest BCUT2D eigenvalue weighted by Gasteiger charge is -2.40. The number of piperazine rings is 1. The normalized spacial score (nSPS) is 21.9. The summed E-state index contributed by atoms with van der Waals surface area (Å²) in [4.78, 5) is 14.6. The number of aliphatic hydroxyl groups is 1. The summed E-state index contributed by atoms with van der Waals surface area (Å²) in [7, 11) is 0. The summed E-state index contributed by atoms with van der Waals surface area (Å²) < 4.78 is 45.4. The molecular weight excluding hydrogens is 517 g/mol. The number of halogens is 3. The second kappa shape index (κ2) is 11.2. The number of hydrogen-bond donors (Lipinski definition) is 1. The molecule has 1 saturated heterocycles. The van der Waals surface area contributed by atoms with E-state index in [1.165, 1.54) is 12.1 Å². The zero-order valence-corrected chi connectivity index (χ0v) is 22.1. The van der Waals surface area contributed by atoms with Gasteiger partial charge in [-0.1, -0.05) is 17.3 Å². The summed E-state index contributed by atoms with van der Waals surface area (Å²) in [5.41, 5.74) is 1.81. The molecule has 38 heavy (non-hydrogen) atoms. The zero-order valence-electron chi connectivity index (χ0n) is 21.3. The van der Waals surface area contributed by atoms with Gasteiger partial charge in [-0.3, -0.25) is 9.80 Å². The molecule has 7 nitrogen and oxygen atoms in total. The van der Waals surface area contributed by atoms with Crippen molar-refractivity contribution in [1.82, 2.24) is 14.8 Å². The van der Waals surface area contributed by atoms with Crippen LogP contribution in [0.25, 0.3) is 10.2 Å². The predicted octanol–water partition coefficient (Wildman–Crippen LogP) is 4.89. The number of thiazole rings is 1. The van der Waals surface area contributed by atoms with E-state index in [2.05, 4.69) is 26.9 Å². The van der Waals surface area contributed by atoms with E-state index in [1.54, 1.807) is 11.3 Å². The number of benzene rings is 2. The lowest BCUT2D eigenvalue weighted by Crippen LogP contribution is -2.54. The first-order valence-electron chi connectivity index (χ1n) is 12.7. The van der Waals surface area contributed by atoms with Crippen LogP contribution >= 0.6 is 11.3 Å². The number of oxime groups is 1.